The summed E-state index contributed by atoms with van der Waals surface area (Å²) in [5, 5.41) is 4.89. The molecule has 0 aliphatic carbocycles. The van der Waals surface area contributed by atoms with Crippen LogP contribution in [0.3, 0.4) is 0 Å². The van der Waals surface area contributed by atoms with Gasteiger partial charge in [0.05, 0.1) is 22.8 Å². The fourth-order valence-electron chi connectivity index (χ4n) is 3.88. The van der Waals surface area contributed by atoms with Gasteiger partial charge < -0.3 is 19.7 Å². The fourth-order valence-corrected chi connectivity index (χ4v) is 4.32. The van der Waals surface area contributed by atoms with Crippen molar-refractivity contribution in [2.45, 2.75) is 18.5 Å². The van der Waals surface area contributed by atoms with Crippen LogP contribution in [0.2, 0.25) is 5.02 Å². The maximum atomic E-state index is 6.05. The van der Waals surface area contributed by atoms with Gasteiger partial charge in [-0.25, -0.2) is 4.98 Å². The molecule has 3 aromatic heterocycles. The lowest BCUT2D eigenvalue weighted by Crippen LogP contribution is -2.33. The molecule has 1 aliphatic rings. The van der Waals surface area contributed by atoms with Crippen LogP contribution in [0.5, 0.6) is 0 Å². The highest BCUT2D eigenvalue weighted by Gasteiger charge is 2.41. The second-order valence-corrected chi connectivity index (χ2v) is 8.44. The van der Waals surface area contributed by atoms with E-state index in [1.165, 1.54) is 0 Å². The molecule has 0 bridgehead atoms. The third-order valence-corrected chi connectivity index (χ3v) is 5.82. The Morgan fingerprint density at radius 2 is 2.00 bits per heavy atom. The molecule has 1 saturated heterocycles. The number of rotatable bonds is 7. The minimum atomic E-state index is -0.0426. The lowest BCUT2D eigenvalue weighted by molar-refractivity contribution is 0.286. The maximum Gasteiger partial charge on any atom is 0.170 e. The second kappa shape index (κ2) is 9.12. The molecule has 4 rings (SSSR count). The van der Waals surface area contributed by atoms with Gasteiger partial charge >= 0.3 is 0 Å². The molecule has 0 saturated carbocycles. The van der Waals surface area contributed by atoms with E-state index in [0.717, 1.165) is 41.8 Å². The Hall–Kier alpha value is -2.48. The van der Waals surface area contributed by atoms with Crippen LogP contribution in [0.25, 0.3) is 5.82 Å². The van der Waals surface area contributed by atoms with Crippen molar-refractivity contribution in [3.05, 3.63) is 77.5 Å². The molecule has 30 heavy (non-hydrogen) atoms. The van der Waals surface area contributed by atoms with E-state index in [4.69, 9.17) is 23.8 Å². The average Bonchev–Trinajstić information content (AvgIpc) is 3.34. The highest BCUT2D eigenvalue weighted by Crippen LogP contribution is 2.39. The van der Waals surface area contributed by atoms with E-state index < -0.39 is 0 Å². The van der Waals surface area contributed by atoms with E-state index >= 15 is 0 Å². The highest BCUT2D eigenvalue weighted by atomic mass is 35.5. The van der Waals surface area contributed by atoms with Crippen LogP contribution in [0, 0.1) is 0 Å². The van der Waals surface area contributed by atoms with Gasteiger partial charge in [-0.3, -0.25) is 4.98 Å². The molecule has 0 unspecified atom stereocenters. The van der Waals surface area contributed by atoms with Gasteiger partial charge in [0.25, 0.3) is 0 Å². The first-order valence-electron chi connectivity index (χ1n) is 9.96. The lowest BCUT2D eigenvalue weighted by atomic mass is 10.0. The summed E-state index contributed by atoms with van der Waals surface area (Å²) in [5.74, 6) is 0.824. The minimum Gasteiger partial charge on any atom is -0.352 e. The third-order valence-electron chi connectivity index (χ3n) is 5.24. The van der Waals surface area contributed by atoms with E-state index in [1.807, 2.05) is 48.8 Å². The van der Waals surface area contributed by atoms with Crippen molar-refractivity contribution in [3.63, 3.8) is 0 Å². The number of hydrogen-bond donors (Lipinski definition) is 1. The van der Waals surface area contributed by atoms with Crippen LogP contribution in [-0.4, -0.2) is 56.6 Å². The minimum absolute atomic E-state index is 0.00189. The fraction of sp³-hybridized carbons (Fsp3) is 0.318. The Kier molecular flexibility index (Phi) is 6.32. The molecule has 0 spiro atoms. The monoisotopic (exact) mass is 440 g/mol. The molecule has 2 atom stereocenters. The number of nitrogens with zero attached hydrogens (tertiary/aromatic N) is 5. The van der Waals surface area contributed by atoms with Crippen LogP contribution in [0.15, 0.2) is 61.1 Å². The normalized spacial score (nSPS) is 18.8. The van der Waals surface area contributed by atoms with Gasteiger partial charge in [-0.1, -0.05) is 17.7 Å². The molecule has 156 valence electrons. The van der Waals surface area contributed by atoms with Crippen molar-refractivity contribution in [3.8, 4) is 5.82 Å². The second-order valence-electron chi connectivity index (χ2n) is 7.61. The zero-order chi connectivity index (χ0) is 21.1. The van der Waals surface area contributed by atoms with E-state index in [2.05, 4.69) is 49.8 Å². The Morgan fingerprint density at radius 3 is 2.70 bits per heavy atom. The SMILES string of the molecule is CN(C)CCCN1C(=S)N[C@H](c2ccccn2)[C@H]1c1cccn1-c1ccc(Cl)cn1. The molecule has 6 nitrogen and oxygen atoms in total. The summed E-state index contributed by atoms with van der Waals surface area (Å²) in [5.41, 5.74) is 2.08. The predicted octanol–water partition coefficient (Wildman–Crippen LogP) is 3.84. The molecule has 8 heteroatoms. The van der Waals surface area contributed by atoms with Gasteiger partial charge in [-0.2, -0.15) is 0 Å². The molecular weight excluding hydrogens is 416 g/mol. The van der Waals surface area contributed by atoms with Gasteiger partial charge in [0, 0.05) is 30.8 Å². The van der Waals surface area contributed by atoms with E-state index in [9.17, 15) is 0 Å². The molecule has 1 fully saturated rings. The van der Waals surface area contributed by atoms with Crippen molar-refractivity contribution in [2.75, 3.05) is 27.2 Å². The first-order chi connectivity index (χ1) is 14.5. The van der Waals surface area contributed by atoms with Crippen molar-refractivity contribution in [1.82, 2.24) is 29.7 Å². The Bertz CT molecular complexity index is 988. The Morgan fingerprint density at radius 1 is 1.13 bits per heavy atom. The summed E-state index contributed by atoms with van der Waals surface area (Å²) in [7, 11) is 4.18. The number of halogens is 1. The lowest BCUT2D eigenvalue weighted by Gasteiger charge is -2.29. The van der Waals surface area contributed by atoms with E-state index in [-0.39, 0.29) is 12.1 Å². The van der Waals surface area contributed by atoms with Crippen LogP contribution in [-0.2, 0) is 0 Å². The van der Waals surface area contributed by atoms with Gasteiger partial charge in [-0.15, -0.1) is 0 Å². The van der Waals surface area contributed by atoms with E-state index in [0.29, 0.717) is 5.02 Å². The van der Waals surface area contributed by atoms with Gasteiger partial charge in [0.2, 0.25) is 0 Å². The molecule has 0 radical (unpaired) electrons. The van der Waals surface area contributed by atoms with Gasteiger partial charge in [0.15, 0.2) is 5.11 Å². The summed E-state index contributed by atoms with van der Waals surface area (Å²) < 4.78 is 2.10. The van der Waals surface area contributed by atoms with Crippen molar-refractivity contribution in [2.24, 2.45) is 0 Å². The standard InChI is InChI=1S/C22H25ClN6S/c1-27(2)12-6-14-29-21(20(26-22(29)30)17-7-3-4-11-24-17)18-8-5-13-28(18)19-10-9-16(23)15-25-19/h3-5,7-11,13,15,20-21H,6,12,14H2,1-2H3,(H,26,30)/t20-,21-/m1/s1. The molecule has 4 heterocycles. The summed E-state index contributed by atoms with van der Waals surface area (Å²) in [6, 6.07) is 13.9. The predicted molar refractivity (Wildman–Crippen MR) is 124 cm³/mol. The molecule has 0 amide bonds. The van der Waals surface area contributed by atoms with Crippen molar-refractivity contribution in [1.29, 1.82) is 0 Å². The zero-order valence-corrected chi connectivity index (χ0v) is 18.6. The summed E-state index contributed by atoms with van der Waals surface area (Å²) in [6.07, 6.45) is 6.54. The summed E-state index contributed by atoms with van der Waals surface area (Å²) >= 11 is 11.8. The number of nitrogens with one attached hydrogen (secondary N) is 1. The Labute approximate surface area is 187 Å². The average molecular weight is 441 g/mol. The molecule has 1 aliphatic heterocycles. The molecule has 3 aromatic rings. The summed E-state index contributed by atoms with van der Waals surface area (Å²) in [6.45, 7) is 1.86. The first-order valence-corrected chi connectivity index (χ1v) is 10.7. The number of hydrogen-bond acceptors (Lipinski definition) is 4. The van der Waals surface area contributed by atoms with Crippen LogP contribution in [0.1, 0.15) is 29.9 Å². The number of thiocarbonyl (C=S) groups is 1. The number of pyridine rings is 2. The van der Waals surface area contributed by atoms with E-state index in [1.54, 1.807) is 6.20 Å². The maximum absolute atomic E-state index is 6.05. The largest absolute Gasteiger partial charge is 0.352 e. The highest BCUT2D eigenvalue weighted by molar-refractivity contribution is 7.80. The Balaban J connectivity index is 1.73. The topological polar surface area (TPSA) is 49.2 Å². The van der Waals surface area contributed by atoms with Crippen LogP contribution in [0.4, 0.5) is 0 Å². The van der Waals surface area contributed by atoms with Gasteiger partial charge in [-0.05, 0) is 75.7 Å². The van der Waals surface area contributed by atoms with Gasteiger partial charge in [0.1, 0.15) is 5.82 Å². The van der Waals surface area contributed by atoms with Crippen molar-refractivity contribution < 1.29 is 0 Å². The smallest absolute Gasteiger partial charge is 0.170 e. The molecule has 0 aromatic carbocycles. The number of aromatic nitrogens is 3. The zero-order valence-electron chi connectivity index (χ0n) is 17.1. The van der Waals surface area contributed by atoms with Crippen molar-refractivity contribution >= 4 is 28.9 Å². The quantitative estimate of drug-likeness (QED) is 0.563. The first kappa shape index (κ1) is 20.8. The molecule has 1 N–H and O–H groups in total. The third kappa shape index (κ3) is 4.33. The van der Waals surface area contributed by atoms with Crippen LogP contribution >= 0.6 is 23.8 Å². The summed E-state index contributed by atoms with van der Waals surface area (Å²) in [4.78, 5) is 13.6. The van der Waals surface area contributed by atoms with Crippen LogP contribution < -0.4 is 5.32 Å². The molecular formula is C22H25ClN6S.